The van der Waals surface area contributed by atoms with Crippen LogP contribution in [0.25, 0.3) is 22.3 Å². The molecule has 0 aliphatic rings. The third kappa shape index (κ3) is 6.42. The Labute approximate surface area is 215 Å². The number of rotatable bonds is 11. The molecule has 8 heteroatoms. The molecule has 8 nitrogen and oxygen atoms in total. The molecule has 0 bridgehead atoms. The maximum Gasteiger partial charge on any atom is 0.251 e. The van der Waals surface area contributed by atoms with Crippen molar-refractivity contribution < 1.29 is 28.7 Å². The van der Waals surface area contributed by atoms with E-state index in [-0.39, 0.29) is 12.3 Å². The van der Waals surface area contributed by atoms with Crippen molar-refractivity contribution in [1.29, 1.82) is 0 Å². The predicted molar refractivity (Wildman–Crippen MR) is 139 cm³/mol. The molecule has 0 aliphatic heterocycles. The van der Waals surface area contributed by atoms with Gasteiger partial charge in [-0.3, -0.25) is 14.8 Å². The molecule has 0 spiro atoms. The average molecular weight is 503 g/mol. The number of nitrogens with one attached hydrogen (secondary N) is 2. The summed E-state index contributed by atoms with van der Waals surface area (Å²) in [5.74, 6) is -0.822. The van der Waals surface area contributed by atoms with Crippen molar-refractivity contribution in [2.75, 3.05) is 14.2 Å². The Morgan fingerprint density at radius 3 is 2.24 bits per heavy atom. The minimum atomic E-state index is -0.802. The van der Waals surface area contributed by atoms with Gasteiger partial charge in [0, 0.05) is 36.7 Å². The molecular weight excluding hydrogens is 472 g/mol. The van der Waals surface area contributed by atoms with Gasteiger partial charge < -0.3 is 19.2 Å². The number of hydrogen-bond acceptors (Lipinski definition) is 6. The second kappa shape index (κ2) is 12.3. The number of furan rings is 1. The minimum absolute atomic E-state index is 0.177. The summed E-state index contributed by atoms with van der Waals surface area (Å²) in [5, 5.41) is 13.3. The van der Waals surface area contributed by atoms with E-state index in [0.717, 1.165) is 22.1 Å². The molecule has 0 radical (unpaired) electrons. The highest BCUT2D eigenvalue weighted by atomic mass is 16.7. The molecule has 2 amide bonds. The Balaban J connectivity index is 1.50. The lowest BCUT2D eigenvalue weighted by atomic mass is 9.91. The van der Waals surface area contributed by atoms with Gasteiger partial charge in [-0.1, -0.05) is 60.7 Å². The van der Waals surface area contributed by atoms with Crippen molar-refractivity contribution >= 4 is 22.8 Å². The molecule has 37 heavy (non-hydrogen) atoms. The lowest BCUT2D eigenvalue weighted by Gasteiger charge is -2.28. The number of ether oxygens (including phenoxy) is 2. The predicted octanol–water partition coefficient (Wildman–Crippen LogP) is 4.57. The number of carbonyl (C=O) groups is 2. The molecule has 0 aliphatic carbocycles. The van der Waals surface area contributed by atoms with Crippen molar-refractivity contribution in [2.24, 2.45) is 5.92 Å². The lowest BCUT2D eigenvalue weighted by molar-refractivity contribution is -0.139. The van der Waals surface area contributed by atoms with E-state index in [9.17, 15) is 14.8 Å². The second-order valence-electron chi connectivity index (χ2n) is 8.74. The van der Waals surface area contributed by atoms with Crippen LogP contribution in [-0.2, 0) is 20.7 Å². The van der Waals surface area contributed by atoms with E-state index in [2.05, 4.69) is 5.32 Å². The number of fused-ring (bicyclic) bond motifs is 1. The first-order valence-corrected chi connectivity index (χ1v) is 12.0. The molecule has 2 atom stereocenters. The van der Waals surface area contributed by atoms with Gasteiger partial charge in [0.15, 0.2) is 6.29 Å². The summed E-state index contributed by atoms with van der Waals surface area (Å²) in [6, 6.07) is 25.6. The number of hydrogen-bond donors (Lipinski definition) is 3. The van der Waals surface area contributed by atoms with Gasteiger partial charge in [-0.25, -0.2) is 5.48 Å². The molecule has 192 valence electrons. The second-order valence-corrected chi connectivity index (χ2v) is 8.74. The maximum atomic E-state index is 13.2. The SMILES string of the molecule is COC(OC)[C@H](C[C@H](Cc1ccccc1)C(=O)NO)NC(=O)c1ccc(-c2cc3ccccc3o2)cc1. The van der Waals surface area contributed by atoms with Crippen molar-refractivity contribution in [3.63, 3.8) is 0 Å². The van der Waals surface area contributed by atoms with Crippen LogP contribution in [-0.4, -0.2) is 43.6 Å². The molecule has 0 fully saturated rings. The van der Waals surface area contributed by atoms with Crippen LogP contribution in [0.1, 0.15) is 22.3 Å². The summed E-state index contributed by atoms with van der Waals surface area (Å²) < 4.78 is 16.8. The van der Waals surface area contributed by atoms with E-state index in [0.29, 0.717) is 17.7 Å². The highest BCUT2D eigenvalue weighted by Crippen LogP contribution is 2.28. The number of carbonyl (C=O) groups excluding carboxylic acids is 2. The quantitative estimate of drug-likeness (QED) is 0.157. The Hall–Kier alpha value is -3.98. The Bertz CT molecular complexity index is 1280. The first-order chi connectivity index (χ1) is 18.0. The molecule has 4 rings (SSSR count). The molecule has 3 N–H and O–H groups in total. The van der Waals surface area contributed by atoms with Crippen LogP contribution in [0.5, 0.6) is 0 Å². The minimum Gasteiger partial charge on any atom is -0.456 e. The molecule has 4 aromatic rings. The average Bonchev–Trinajstić information content (AvgIpc) is 3.38. The van der Waals surface area contributed by atoms with E-state index < -0.39 is 24.2 Å². The number of methoxy groups -OCH3 is 2. The molecule has 0 unspecified atom stereocenters. The summed E-state index contributed by atoms with van der Waals surface area (Å²) in [7, 11) is 2.93. The van der Waals surface area contributed by atoms with Gasteiger partial charge in [-0.2, -0.15) is 0 Å². The van der Waals surface area contributed by atoms with Gasteiger partial charge in [0.05, 0.1) is 6.04 Å². The van der Waals surface area contributed by atoms with Crippen LogP contribution in [0.3, 0.4) is 0 Å². The number of para-hydroxylation sites is 1. The molecule has 0 saturated heterocycles. The van der Waals surface area contributed by atoms with Gasteiger partial charge >= 0.3 is 0 Å². The van der Waals surface area contributed by atoms with Gasteiger partial charge in [-0.15, -0.1) is 0 Å². The van der Waals surface area contributed by atoms with Crippen molar-refractivity contribution in [3.05, 3.63) is 96.1 Å². The Kier molecular flexibility index (Phi) is 8.68. The largest absolute Gasteiger partial charge is 0.456 e. The Morgan fingerprint density at radius 2 is 1.59 bits per heavy atom. The van der Waals surface area contributed by atoms with Crippen LogP contribution in [0.2, 0.25) is 0 Å². The first-order valence-electron chi connectivity index (χ1n) is 12.0. The fourth-order valence-corrected chi connectivity index (χ4v) is 4.40. The molecule has 0 saturated carbocycles. The lowest BCUT2D eigenvalue weighted by Crippen LogP contribution is -2.48. The van der Waals surface area contributed by atoms with Gasteiger partial charge in [0.25, 0.3) is 5.91 Å². The van der Waals surface area contributed by atoms with E-state index in [4.69, 9.17) is 13.9 Å². The summed E-state index contributed by atoms with van der Waals surface area (Å²) in [6.07, 6.45) is -0.258. The van der Waals surface area contributed by atoms with Gasteiger partial charge in [0.2, 0.25) is 5.91 Å². The van der Waals surface area contributed by atoms with Crippen molar-refractivity contribution in [3.8, 4) is 11.3 Å². The zero-order chi connectivity index (χ0) is 26.2. The smallest absolute Gasteiger partial charge is 0.251 e. The van der Waals surface area contributed by atoms with Crippen LogP contribution < -0.4 is 10.8 Å². The summed E-state index contributed by atoms with van der Waals surface area (Å²) in [5.41, 5.74) is 4.74. The van der Waals surface area contributed by atoms with Crippen LogP contribution in [0.4, 0.5) is 0 Å². The number of hydroxylamine groups is 1. The summed E-state index contributed by atoms with van der Waals surface area (Å²) in [6.45, 7) is 0. The third-order valence-corrected chi connectivity index (χ3v) is 6.31. The molecule has 3 aromatic carbocycles. The number of benzene rings is 3. The Morgan fingerprint density at radius 1 is 0.919 bits per heavy atom. The normalized spacial score (nSPS) is 12.9. The third-order valence-electron chi connectivity index (χ3n) is 6.31. The summed E-state index contributed by atoms with van der Waals surface area (Å²) >= 11 is 0. The zero-order valence-electron chi connectivity index (χ0n) is 20.7. The first kappa shape index (κ1) is 26.1. The number of amides is 2. The van der Waals surface area contributed by atoms with Gasteiger partial charge in [-0.05, 0) is 42.7 Å². The topological polar surface area (TPSA) is 110 Å². The fourth-order valence-electron chi connectivity index (χ4n) is 4.40. The molecule has 1 heterocycles. The van der Waals surface area contributed by atoms with E-state index in [1.807, 2.05) is 72.8 Å². The van der Waals surface area contributed by atoms with Crippen LogP contribution >= 0.6 is 0 Å². The monoisotopic (exact) mass is 502 g/mol. The van der Waals surface area contributed by atoms with Crippen LogP contribution in [0.15, 0.2) is 89.3 Å². The van der Waals surface area contributed by atoms with Crippen molar-refractivity contribution in [1.82, 2.24) is 10.8 Å². The zero-order valence-corrected chi connectivity index (χ0v) is 20.7. The van der Waals surface area contributed by atoms with Crippen LogP contribution in [0, 0.1) is 5.92 Å². The van der Waals surface area contributed by atoms with E-state index in [1.54, 1.807) is 17.6 Å². The standard InChI is InChI=1S/C29H30N2O6/c1-35-29(36-2)24(17-23(28(33)31-34)16-19-8-4-3-5-9-19)30-27(32)21-14-12-20(13-15-21)26-18-22-10-6-7-11-25(22)37-26/h3-15,18,23-24,29,34H,16-17H2,1-2H3,(H,30,32)(H,31,33)/t23-,24-/m0/s1. The van der Waals surface area contributed by atoms with Gasteiger partial charge in [0.1, 0.15) is 11.3 Å². The molecular formula is C29H30N2O6. The molecule has 1 aromatic heterocycles. The van der Waals surface area contributed by atoms with E-state index >= 15 is 0 Å². The highest BCUT2D eigenvalue weighted by Gasteiger charge is 2.30. The highest BCUT2D eigenvalue weighted by molar-refractivity contribution is 5.95. The fraction of sp³-hybridized carbons (Fsp3) is 0.241. The maximum absolute atomic E-state index is 13.2. The van der Waals surface area contributed by atoms with E-state index in [1.165, 1.54) is 14.2 Å². The van der Waals surface area contributed by atoms with Crippen molar-refractivity contribution in [2.45, 2.75) is 25.2 Å². The summed E-state index contributed by atoms with van der Waals surface area (Å²) in [4.78, 5) is 25.6.